The van der Waals surface area contributed by atoms with Gasteiger partial charge in [-0.15, -0.1) is 0 Å². The quantitative estimate of drug-likeness (QED) is 0.116. The van der Waals surface area contributed by atoms with Gasteiger partial charge >= 0.3 is 53.7 Å². The summed E-state index contributed by atoms with van der Waals surface area (Å²) < 4.78 is 52.6. The number of esters is 9. The van der Waals surface area contributed by atoms with E-state index < -0.39 is 73.4 Å². The smallest absolute Gasteiger partial charge is 0.351 e. The molecule has 5 rings (SSSR count). The van der Waals surface area contributed by atoms with E-state index in [0.29, 0.717) is 32.1 Å². The van der Waals surface area contributed by atoms with E-state index in [0.717, 1.165) is 6.42 Å². The molecule has 0 aromatic carbocycles. The van der Waals surface area contributed by atoms with Gasteiger partial charge in [0.1, 0.15) is 22.4 Å². The van der Waals surface area contributed by atoms with Crippen molar-refractivity contribution in [1.82, 2.24) is 0 Å². The first-order chi connectivity index (χ1) is 34.8. The van der Waals surface area contributed by atoms with Gasteiger partial charge in [0.2, 0.25) is 5.60 Å². The number of carbonyl (C=O) groups is 9. The third-order valence-corrected chi connectivity index (χ3v) is 15.7. The molecule has 0 radical (unpaired) electrons. The van der Waals surface area contributed by atoms with Crippen molar-refractivity contribution >= 4 is 53.7 Å². The van der Waals surface area contributed by atoms with Gasteiger partial charge in [0.25, 0.3) is 0 Å². The van der Waals surface area contributed by atoms with Crippen LogP contribution >= 0.6 is 0 Å². The van der Waals surface area contributed by atoms with Crippen LogP contribution in [0.1, 0.15) is 350 Å². The standard InChI is InChI=1S/C13H22O5.2C13H22O4.C12H20O4.C8H14O2.16CH4/c1-6-12(2,3)11(15)17-9-7-10(14)18-13(9,4)8-16-5;1-7-11(2,3)9(14)17-13(6)8-12(4,5)16-10(13)15;1-7-11(2,3)10(15)17-13(6)8-9(14)16-12(13,4)5;1-6-11(2,3)10(14)15-8-7-9(13)16-12(8,4)5;1-7(2)5-8(3,4)10-6(7)9;;;;;;;;;;;;;;;;/h9H,6-8H2,1-5H3;2*7-8H2,1-6H3;8H,6-7H2,1-5H3;5H2,1-4H3;16*1H4. The Bertz CT molecular complexity index is 2200. The highest BCUT2D eigenvalue weighted by Crippen LogP contribution is 2.43. The van der Waals surface area contributed by atoms with Crippen LogP contribution in [0.5, 0.6) is 0 Å². The van der Waals surface area contributed by atoms with Crippen LogP contribution in [0, 0.1) is 27.1 Å². The Morgan fingerprint density at radius 3 is 1.00 bits per heavy atom. The lowest BCUT2D eigenvalue weighted by atomic mass is 9.85. The largest absolute Gasteiger partial charge is 0.459 e. The van der Waals surface area contributed by atoms with Crippen molar-refractivity contribution in [3.05, 3.63) is 0 Å². The molecule has 0 aromatic heterocycles. The predicted molar refractivity (Wildman–Crippen MR) is 397 cm³/mol. The lowest BCUT2D eigenvalue weighted by Crippen LogP contribution is -2.49. The zero-order valence-electron chi connectivity index (χ0n) is 52.5. The van der Waals surface area contributed by atoms with Crippen LogP contribution in [-0.4, -0.2) is 119 Å². The van der Waals surface area contributed by atoms with Gasteiger partial charge in [-0.05, 0) is 171 Å². The molecular formula is C75H164O19. The van der Waals surface area contributed by atoms with Crippen LogP contribution in [0.4, 0.5) is 0 Å². The topological polar surface area (TPSA) is 246 Å². The van der Waals surface area contributed by atoms with Crippen molar-refractivity contribution in [3.8, 4) is 0 Å². The highest BCUT2D eigenvalue weighted by Gasteiger charge is 2.57. The molecule has 19 heteroatoms. The van der Waals surface area contributed by atoms with E-state index in [1.54, 1.807) is 48.5 Å². The summed E-state index contributed by atoms with van der Waals surface area (Å²) >= 11 is 0. The Hall–Kier alpha value is -4.81. The normalized spacial score (nSPS) is 22.5. The molecule has 0 saturated carbocycles. The number of hydrogen-bond donors (Lipinski definition) is 0. The van der Waals surface area contributed by atoms with Crippen LogP contribution < -0.4 is 0 Å². The average Bonchev–Trinajstić information content (AvgIpc) is 3.92. The Kier molecular flexibility index (Phi) is 63.9. The number of hydrogen-bond acceptors (Lipinski definition) is 19. The van der Waals surface area contributed by atoms with Crippen molar-refractivity contribution in [2.45, 2.75) is 401 Å². The van der Waals surface area contributed by atoms with Crippen LogP contribution in [0.2, 0.25) is 0 Å². The summed E-state index contributed by atoms with van der Waals surface area (Å²) in [5.74, 6) is -2.73. The monoisotopic (exact) mass is 1370 g/mol. The fraction of sp³-hybridized carbons (Fsp3) is 0.880. The van der Waals surface area contributed by atoms with E-state index in [-0.39, 0.29) is 203 Å². The van der Waals surface area contributed by atoms with Crippen LogP contribution in [-0.2, 0) is 90.5 Å². The number of methoxy groups -OCH3 is 1. The van der Waals surface area contributed by atoms with Gasteiger partial charge in [0.05, 0.1) is 52.9 Å². The fourth-order valence-corrected chi connectivity index (χ4v) is 8.13. The van der Waals surface area contributed by atoms with Crippen molar-refractivity contribution in [2.75, 3.05) is 13.7 Å². The van der Waals surface area contributed by atoms with Gasteiger partial charge in [0, 0.05) is 20.0 Å². The van der Waals surface area contributed by atoms with Gasteiger partial charge in [-0.2, -0.15) is 0 Å². The molecule has 5 unspecified atom stereocenters. The molecule has 19 nitrogen and oxygen atoms in total. The SMILES string of the molecule is C.C.C.C.C.C.C.C.C.C.C.C.C.C.C.C.CC1(C)CC(C)(C)C(=O)O1.CCC(C)(C)C(=O)OC1(C)CC(=O)OC1(C)C.CCC(C)(C)C(=O)OC1(C)CC(C)(C)OC1=O.CCC(C)(C)C(=O)OC1CC(=O)OC1(C)C.CCC(C)(C)C(=O)OC1CC(=O)OC1(C)COC. The molecule has 578 valence electrons. The maximum absolute atomic E-state index is 12.1. The van der Waals surface area contributed by atoms with Gasteiger partial charge < -0.3 is 47.4 Å². The van der Waals surface area contributed by atoms with Crippen LogP contribution in [0.3, 0.4) is 0 Å². The second-order valence-electron chi connectivity index (χ2n) is 27.4. The summed E-state index contributed by atoms with van der Waals surface area (Å²) in [6, 6.07) is 0. The molecule has 5 aliphatic heterocycles. The van der Waals surface area contributed by atoms with E-state index >= 15 is 0 Å². The first-order valence-electron chi connectivity index (χ1n) is 27.3. The van der Waals surface area contributed by atoms with Crippen LogP contribution in [0.25, 0.3) is 0 Å². The van der Waals surface area contributed by atoms with Crippen molar-refractivity contribution in [3.63, 3.8) is 0 Å². The summed E-state index contributed by atoms with van der Waals surface area (Å²) in [7, 11) is 1.52. The minimum Gasteiger partial charge on any atom is -0.459 e. The minimum absolute atomic E-state index is 0. The molecule has 0 spiro atoms. The predicted octanol–water partition coefficient (Wildman–Crippen LogP) is 20.6. The molecule has 5 aliphatic rings. The Labute approximate surface area is 583 Å². The highest BCUT2D eigenvalue weighted by atomic mass is 16.6. The molecule has 0 N–H and O–H groups in total. The summed E-state index contributed by atoms with van der Waals surface area (Å²) in [6.45, 7) is 46.0. The molecule has 5 atom stereocenters. The third kappa shape index (κ3) is 34.9. The Morgan fingerprint density at radius 1 is 0.415 bits per heavy atom. The van der Waals surface area contributed by atoms with E-state index in [4.69, 9.17) is 47.4 Å². The first kappa shape index (κ1) is 129. The van der Waals surface area contributed by atoms with Gasteiger partial charge in [-0.3, -0.25) is 38.4 Å². The van der Waals surface area contributed by atoms with Crippen LogP contribution in [0.15, 0.2) is 0 Å². The number of ether oxygens (including phenoxy) is 10. The molecule has 0 amide bonds. The highest BCUT2D eigenvalue weighted by molar-refractivity contribution is 5.87. The van der Waals surface area contributed by atoms with E-state index in [9.17, 15) is 43.2 Å². The first-order valence-corrected chi connectivity index (χ1v) is 27.3. The molecule has 5 fully saturated rings. The maximum Gasteiger partial charge on any atom is 0.351 e. The number of rotatable bonds is 14. The van der Waals surface area contributed by atoms with Gasteiger partial charge in [-0.25, -0.2) is 4.79 Å². The molecule has 0 aromatic rings. The Balaban J connectivity index is -0.0000000559. The third-order valence-electron chi connectivity index (χ3n) is 15.7. The van der Waals surface area contributed by atoms with Crippen molar-refractivity contribution in [2.24, 2.45) is 27.1 Å². The fourth-order valence-electron chi connectivity index (χ4n) is 8.13. The van der Waals surface area contributed by atoms with Gasteiger partial charge in [-0.1, -0.05) is 147 Å². The molecule has 5 saturated heterocycles. The maximum atomic E-state index is 12.1. The van der Waals surface area contributed by atoms with E-state index in [2.05, 4.69) is 0 Å². The van der Waals surface area contributed by atoms with Gasteiger partial charge in [0.15, 0.2) is 23.4 Å². The Morgan fingerprint density at radius 2 is 0.734 bits per heavy atom. The summed E-state index contributed by atoms with van der Waals surface area (Å²) in [6.07, 6.45) is 3.25. The molecule has 0 aliphatic carbocycles. The summed E-state index contributed by atoms with van der Waals surface area (Å²) in [5, 5.41) is 0. The number of cyclic esters (lactones) is 5. The summed E-state index contributed by atoms with van der Waals surface area (Å²) in [5.41, 5.74) is -7.67. The summed E-state index contributed by atoms with van der Waals surface area (Å²) in [4.78, 5) is 105. The lowest BCUT2D eigenvalue weighted by molar-refractivity contribution is -0.184. The second-order valence-corrected chi connectivity index (χ2v) is 27.4. The minimum atomic E-state index is -1.15. The zero-order valence-corrected chi connectivity index (χ0v) is 52.5. The second kappa shape index (κ2) is 46.4. The molecular weight excluding hydrogens is 1200 g/mol. The van der Waals surface area contributed by atoms with Crippen molar-refractivity contribution < 1.29 is 90.5 Å². The molecule has 5 heterocycles. The number of carbonyl (C=O) groups excluding carboxylic acids is 9. The van der Waals surface area contributed by atoms with Crippen molar-refractivity contribution in [1.29, 1.82) is 0 Å². The average molecular weight is 1370 g/mol. The zero-order chi connectivity index (χ0) is 61.5. The molecule has 94 heavy (non-hydrogen) atoms. The lowest BCUT2D eigenvalue weighted by Gasteiger charge is -2.36. The van der Waals surface area contributed by atoms with E-state index in [1.165, 1.54) is 7.11 Å². The van der Waals surface area contributed by atoms with E-state index in [1.807, 2.05) is 125 Å². The molecule has 0 bridgehead atoms.